The van der Waals surface area contributed by atoms with Gasteiger partial charge in [-0.15, -0.1) is 0 Å². The van der Waals surface area contributed by atoms with Crippen LogP contribution >= 0.6 is 0 Å². The number of ether oxygens (including phenoxy) is 1. The van der Waals surface area contributed by atoms with Crippen molar-refractivity contribution in [3.05, 3.63) is 35.4 Å². The van der Waals surface area contributed by atoms with Crippen molar-refractivity contribution in [3.63, 3.8) is 0 Å². The smallest absolute Gasteiger partial charge is 0.410 e. The third kappa shape index (κ3) is 4.59. The van der Waals surface area contributed by atoms with Crippen molar-refractivity contribution in [3.8, 4) is 0 Å². The van der Waals surface area contributed by atoms with Crippen LogP contribution in [-0.4, -0.2) is 89.7 Å². The molecule has 7 heteroatoms. The third-order valence-corrected chi connectivity index (χ3v) is 9.53. The lowest BCUT2D eigenvalue weighted by Crippen LogP contribution is -2.56. The van der Waals surface area contributed by atoms with Gasteiger partial charge in [0, 0.05) is 50.2 Å². The molecule has 0 aromatic heterocycles. The zero-order chi connectivity index (χ0) is 25.3. The van der Waals surface area contributed by atoms with Gasteiger partial charge in [0.2, 0.25) is 0 Å². The normalized spacial score (nSPS) is 27.5. The lowest BCUT2D eigenvalue weighted by molar-refractivity contribution is 0.0615. The van der Waals surface area contributed by atoms with E-state index in [9.17, 15) is 9.59 Å². The van der Waals surface area contributed by atoms with Gasteiger partial charge in [-0.3, -0.25) is 0 Å². The van der Waals surface area contributed by atoms with Gasteiger partial charge in [0.1, 0.15) is 0 Å². The molecular formula is C29H44N4O3. The van der Waals surface area contributed by atoms with E-state index in [2.05, 4.69) is 47.9 Å². The Balaban J connectivity index is 1.29. The molecule has 1 spiro atoms. The van der Waals surface area contributed by atoms with Crippen molar-refractivity contribution < 1.29 is 14.3 Å². The van der Waals surface area contributed by atoms with Crippen LogP contribution in [0.1, 0.15) is 70.4 Å². The summed E-state index contributed by atoms with van der Waals surface area (Å²) in [6.07, 6.45) is 6.62. The molecule has 3 amide bonds. The van der Waals surface area contributed by atoms with Gasteiger partial charge in [-0.25, -0.2) is 9.59 Å². The van der Waals surface area contributed by atoms with Crippen LogP contribution in [0.2, 0.25) is 0 Å². The van der Waals surface area contributed by atoms with E-state index in [1.807, 2.05) is 16.7 Å². The van der Waals surface area contributed by atoms with E-state index >= 15 is 0 Å². The number of piperidine rings is 2. The molecule has 1 aromatic rings. The molecule has 5 rings (SSSR count). The summed E-state index contributed by atoms with van der Waals surface area (Å²) in [5.74, 6) is 0.599. The molecule has 3 fully saturated rings. The van der Waals surface area contributed by atoms with E-state index in [1.54, 1.807) is 0 Å². The Morgan fingerprint density at radius 2 is 1.81 bits per heavy atom. The van der Waals surface area contributed by atoms with Crippen molar-refractivity contribution in [2.24, 2.45) is 5.92 Å². The summed E-state index contributed by atoms with van der Waals surface area (Å²) in [7, 11) is 0. The van der Waals surface area contributed by atoms with Crippen molar-refractivity contribution in [1.29, 1.82) is 0 Å². The first-order valence-corrected chi connectivity index (χ1v) is 14.3. The van der Waals surface area contributed by atoms with Crippen molar-refractivity contribution in [2.75, 3.05) is 45.9 Å². The molecule has 1 saturated carbocycles. The van der Waals surface area contributed by atoms with Crippen molar-refractivity contribution in [1.82, 2.24) is 19.6 Å². The molecule has 3 unspecified atom stereocenters. The Labute approximate surface area is 216 Å². The van der Waals surface area contributed by atoms with Crippen LogP contribution in [0.15, 0.2) is 24.3 Å². The Kier molecular flexibility index (Phi) is 7.47. The van der Waals surface area contributed by atoms with Crippen LogP contribution in [0.25, 0.3) is 0 Å². The predicted molar refractivity (Wildman–Crippen MR) is 141 cm³/mol. The van der Waals surface area contributed by atoms with Gasteiger partial charge < -0.3 is 24.3 Å². The average Bonchev–Trinajstić information content (AvgIpc) is 3.34. The lowest BCUT2D eigenvalue weighted by Gasteiger charge is -2.50. The number of amides is 3. The predicted octanol–water partition coefficient (Wildman–Crippen LogP) is 4.70. The molecule has 36 heavy (non-hydrogen) atoms. The van der Waals surface area contributed by atoms with E-state index in [1.165, 1.54) is 24.0 Å². The monoisotopic (exact) mass is 496 g/mol. The number of urea groups is 1. The Morgan fingerprint density at radius 1 is 1.06 bits per heavy atom. The van der Waals surface area contributed by atoms with Gasteiger partial charge in [-0.05, 0) is 89.4 Å². The van der Waals surface area contributed by atoms with E-state index in [-0.39, 0.29) is 17.5 Å². The first-order valence-electron chi connectivity index (χ1n) is 14.3. The third-order valence-electron chi connectivity index (χ3n) is 9.53. The number of nitrogens with zero attached hydrogens (tertiary/aromatic N) is 4. The molecule has 3 aliphatic heterocycles. The molecular weight excluding hydrogens is 452 g/mol. The second-order valence-corrected chi connectivity index (χ2v) is 11.3. The number of hydrogen-bond donors (Lipinski definition) is 0. The van der Waals surface area contributed by atoms with E-state index in [4.69, 9.17) is 4.74 Å². The van der Waals surface area contributed by atoms with E-state index in [0.29, 0.717) is 31.2 Å². The summed E-state index contributed by atoms with van der Waals surface area (Å²) in [5.41, 5.74) is 2.81. The number of carbonyl (C=O) groups excluding carboxylic acids is 2. The molecule has 0 N–H and O–H groups in total. The second-order valence-electron chi connectivity index (χ2n) is 11.3. The summed E-state index contributed by atoms with van der Waals surface area (Å²) in [6, 6.07) is 9.86. The largest absolute Gasteiger partial charge is 0.450 e. The van der Waals surface area contributed by atoms with Crippen LogP contribution in [0.4, 0.5) is 9.59 Å². The van der Waals surface area contributed by atoms with Crippen LogP contribution in [0, 0.1) is 5.92 Å². The van der Waals surface area contributed by atoms with Gasteiger partial charge >= 0.3 is 12.1 Å². The first-order chi connectivity index (χ1) is 17.5. The minimum atomic E-state index is -0.123. The molecule has 4 aliphatic rings. The van der Waals surface area contributed by atoms with E-state index in [0.717, 1.165) is 65.0 Å². The highest BCUT2D eigenvalue weighted by Gasteiger charge is 2.48. The standard InChI is InChI=1S/C29H44N4O3/c1-4-30(5-2)27(34)32-20-23-10-7-8-12-25(23)29(21-32)13-16-31(17-14-29)24-18-22-11-9-15-33(26(22)19-24)28(35)36-6-3/h7-8,10,12,22,24,26H,4-6,9,11,13-21H2,1-3H3. The van der Waals surface area contributed by atoms with Crippen LogP contribution in [0.3, 0.4) is 0 Å². The van der Waals surface area contributed by atoms with Crippen molar-refractivity contribution >= 4 is 12.1 Å². The quantitative estimate of drug-likeness (QED) is 0.607. The molecule has 1 aliphatic carbocycles. The first kappa shape index (κ1) is 25.4. The lowest BCUT2D eigenvalue weighted by atomic mass is 9.68. The minimum Gasteiger partial charge on any atom is -0.450 e. The summed E-state index contributed by atoms with van der Waals surface area (Å²) in [6.45, 7) is 12.5. The van der Waals surface area contributed by atoms with Crippen LogP contribution < -0.4 is 0 Å². The minimum absolute atomic E-state index is 0.0382. The van der Waals surface area contributed by atoms with Gasteiger partial charge in [0.05, 0.1) is 6.61 Å². The average molecular weight is 497 g/mol. The molecule has 198 valence electrons. The SMILES string of the molecule is CCOC(=O)N1CCCC2CC(N3CCC4(CC3)CN(C(=O)N(CC)CC)Cc3ccccc34)CC21. The summed E-state index contributed by atoms with van der Waals surface area (Å²) < 4.78 is 5.38. The highest BCUT2D eigenvalue weighted by atomic mass is 16.6. The number of carbonyl (C=O) groups is 2. The summed E-state index contributed by atoms with van der Waals surface area (Å²) in [4.78, 5) is 34.7. The fraction of sp³-hybridized carbons (Fsp3) is 0.724. The zero-order valence-corrected chi connectivity index (χ0v) is 22.5. The van der Waals surface area contributed by atoms with Gasteiger partial charge in [0.25, 0.3) is 0 Å². The molecule has 3 heterocycles. The molecule has 0 bridgehead atoms. The summed E-state index contributed by atoms with van der Waals surface area (Å²) in [5, 5.41) is 0. The Morgan fingerprint density at radius 3 is 2.53 bits per heavy atom. The second kappa shape index (κ2) is 10.6. The van der Waals surface area contributed by atoms with Crippen LogP contribution in [0.5, 0.6) is 0 Å². The fourth-order valence-electron chi connectivity index (χ4n) is 7.65. The Hall–Kier alpha value is -2.28. The number of benzene rings is 1. The topological polar surface area (TPSA) is 56.3 Å². The van der Waals surface area contributed by atoms with Gasteiger partial charge in [-0.2, -0.15) is 0 Å². The number of hydrogen-bond acceptors (Lipinski definition) is 4. The van der Waals surface area contributed by atoms with E-state index < -0.39 is 0 Å². The molecule has 2 saturated heterocycles. The molecule has 1 aromatic carbocycles. The number of rotatable bonds is 4. The Bertz CT molecular complexity index is 940. The maximum absolute atomic E-state index is 13.3. The zero-order valence-electron chi connectivity index (χ0n) is 22.5. The number of likely N-dealkylation sites (tertiary alicyclic amines) is 2. The summed E-state index contributed by atoms with van der Waals surface area (Å²) >= 11 is 0. The highest BCUT2D eigenvalue weighted by Crippen LogP contribution is 2.45. The maximum atomic E-state index is 13.3. The number of fused-ring (bicyclic) bond motifs is 3. The maximum Gasteiger partial charge on any atom is 0.410 e. The highest BCUT2D eigenvalue weighted by molar-refractivity contribution is 5.75. The molecule has 0 radical (unpaired) electrons. The van der Waals surface area contributed by atoms with Gasteiger partial charge in [-0.1, -0.05) is 24.3 Å². The van der Waals surface area contributed by atoms with Crippen molar-refractivity contribution in [2.45, 2.75) is 83.3 Å². The molecule has 7 nitrogen and oxygen atoms in total. The molecule has 3 atom stereocenters. The van der Waals surface area contributed by atoms with Crippen LogP contribution in [-0.2, 0) is 16.7 Å². The fourth-order valence-corrected chi connectivity index (χ4v) is 7.65. The van der Waals surface area contributed by atoms with Gasteiger partial charge in [0.15, 0.2) is 0 Å².